The zero-order valence-electron chi connectivity index (χ0n) is 8.53. The Labute approximate surface area is 93.5 Å². The van der Waals surface area contributed by atoms with Crippen LogP contribution in [-0.2, 0) is 16.0 Å². The van der Waals surface area contributed by atoms with Gasteiger partial charge in [0.2, 0.25) is 0 Å². The Morgan fingerprint density at radius 2 is 2.12 bits per heavy atom. The van der Waals surface area contributed by atoms with E-state index in [1.807, 2.05) is 0 Å². The van der Waals surface area contributed by atoms with Gasteiger partial charge in [-0.05, 0) is 30.2 Å². The van der Waals surface area contributed by atoms with Gasteiger partial charge in [-0.3, -0.25) is 4.79 Å². The molecule has 0 saturated heterocycles. The van der Waals surface area contributed by atoms with Crippen LogP contribution >= 0.6 is 0 Å². The Hall–Kier alpha value is -1.67. The highest BCUT2D eigenvalue weighted by Crippen LogP contribution is 2.18. The van der Waals surface area contributed by atoms with Gasteiger partial charge in [0.1, 0.15) is 12.0 Å². The Morgan fingerprint density at radius 1 is 1.50 bits per heavy atom. The highest BCUT2D eigenvalue weighted by Gasteiger charge is 2.14. The van der Waals surface area contributed by atoms with Crippen molar-refractivity contribution in [1.29, 1.82) is 0 Å². The summed E-state index contributed by atoms with van der Waals surface area (Å²) in [5.41, 5.74) is 1.26. The number of aldehydes is 1. The van der Waals surface area contributed by atoms with Crippen LogP contribution in [0.3, 0.4) is 0 Å². The van der Waals surface area contributed by atoms with Crippen LogP contribution in [0.15, 0.2) is 12.1 Å². The first kappa shape index (κ1) is 12.4. The Balaban J connectivity index is 3.39. The second-order valence-electron chi connectivity index (χ2n) is 3.29. The van der Waals surface area contributed by atoms with E-state index in [1.165, 1.54) is 12.1 Å². The minimum absolute atomic E-state index is 0.208. The summed E-state index contributed by atoms with van der Waals surface area (Å²) in [6, 6.07) is 2.84. The Kier molecular flexibility index (Phi) is 3.45. The van der Waals surface area contributed by atoms with E-state index in [0.29, 0.717) is 17.4 Å². The molecule has 3 nitrogen and oxygen atoms in total. The third-order valence-corrected chi connectivity index (χ3v) is 2.83. The number of terminal acetylenes is 1. The Morgan fingerprint density at radius 3 is 2.56 bits per heavy atom. The van der Waals surface area contributed by atoms with Gasteiger partial charge in [-0.25, -0.2) is 0 Å². The van der Waals surface area contributed by atoms with Crippen LogP contribution in [0.5, 0.6) is 0 Å². The van der Waals surface area contributed by atoms with Gasteiger partial charge in [0.25, 0.3) is 0 Å². The van der Waals surface area contributed by atoms with Gasteiger partial charge >= 0.3 is 10.2 Å². The molecular formula is C11H9FO3S. The van der Waals surface area contributed by atoms with Crippen LogP contribution < -0.4 is 0 Å². The maximum atomic E-state index is 12.6. The quantitative estimate of drug-likeness (QED) is 0.458. The first-order valence-electron chi connectivity index (χ1n) is 4.35. The van der Waals surface area contributed by atoms with Gasteiger partial charge in [-0.2, -0.15) is 8.42 Å². The molecule has 1 rings (SSSR count). The van der Waals surface area contributed by atoms with E-state index >= 15 is 0 Å². The van der Waals surface area contributed by atoms with Gasteiger partial charge in [-0.1, -0.05) is 5.92 Å². The fourth-order valence-corrected chi connectivity index (χ4v) is 2.01. The molecule has 0 amide bonds. The first-order valence-corrected chi connectivity index (χ1v) is 5.90. The highest BCUT2D eigenvalue weighted by molar-refractivity contribution is 7.85. The maximum Gasteiger partial charge on any atom is 0.306 e. The highest BCUT2D eigenvalue weighted by atomic mass is 32.3. The molecule has 0 aliphatic heterocycles. The minimum atomic E-state index is -4.63. The van der Waals surface area contributed by atoms with Crippen LogP contribution in [0.25, 0.3) is 0 Å². The summed E-state index contributed by atoms with van der Waals surface area (Å²) in [6.45, 7) is 1.55. The molecule has 5 heteroatoms. The van der Waals surface area contributed by atoms with Crippen molar-refractivity contribution in [2.45, 2.75) is 12.7 Å². The van der Waals surface area contributed by atoms with Crippen LogP contribution in [0.4, 0.5) is 3.89 Å². The minimum Gasteiger partial charge on any atom is -0.298 e. The van der Waals surface area contributed by atoms with Gasteiger partial charge in [0, 0.05) is 11.1 Å². The largest absolute Gasteiger partial charge is 0.306 e. The predicted molar refractivity (Wildman–Crippen MR) is 58.2 cm³/mol. The van der Waals surface area contributed by atoms with Crippen LogP contribution in [0.1, 0.15) is 27.0 Å². The summed E-state index contributed by atoms with van der Waals surface area (Å²) in [5.74, 6) is 1.51. The average Bonchev–Trinajstić information content (AvgIpc) is 2.19. The average molecular weight is 240 g/mol. The normalized spacial score (nSPS) is 10.8. The zero-order chi connectivity index (χ0) is 12.3. The standard InChI is InChI=1S/C11H9FO3S/c1-3-9-4-10(6-13)8(2)11(5-9)7-16(12,14)15/h1,4-6H,7H2,2H3. The SMILES string of the molecule is C#Cc1cc(C=O)c(C)c(CS(=O)(=O)F)c1. The van der Waals surface area contributed by atoms with E-state index in [4.69, 9.17) is 6.42 Å². The number of halogens is 1. The smallest absolute Gasteiger partial charge is 0.298 e. The van der Waals surface area contributed by atoms with E-state index in [-0.39, 0.29) is 11.1 Å². The molecule has 0 fully saturated rings. The van der Waals surface area contributed by atoms with E-state index < -0.39 is 16.0 Å². The zero-order valence-corrected chi connectivity index (χ0v) is 9.34. The van der Waals surface area contributed by atoms with Gasteiger partial charge < -0.3 is 0 Å². The summed E-state index contributed by atoms with van der Waals surface area (Å²) in [7, 11) is -4.63. The first-order chi connectivity index (χ1) is 7.37. The number of carbonyl (C=O) groups excluding carboxylic acids is 1. The molecule has 0 atom stereocenters. The van der Waals surface area contributed by atoms with Crippen molar-refractivity contribution in [2.24, 2.45) is 0 Å². The summed E-state index contributed by atoms with van der Waals surface area (Å²) in [5, 5.41) is 0. The molecule has 0 aliphatic rings. The van der Waals surface area contributed by atoms with Crippen LogP contribution in [0.2, 0.25) is 0 Å². The molecule has 1 aromatic carbocycles. The van der Waals surface area contributed by atoms with Crippen molar-refractivity contribution in [3.05, 3.63) is 34.4 Å². The molecule has 0 bridgehead atoms. The number of rotatable bonds is 3. The van der Waals surface area contributed by atoms with Crippen molar-refractivity contribution >= 4 is 16.5 Å². The molecule has 0 unspecified atom stereocenters. The summed E-state index contributed by atoms with van der Waals surface area (Å²) in [4.78, 5) is 10.7. The van der Waals surface area contributed by atoms with Crippen LogP contribution in [0, 0.1) is 19.3 Å². The molecule has 0 spiro atoms. The van der Waals surface area contributed by atoms with Crippen molar-refractivity contribution in [3.63, 3.8) is 0 Å². The molecule has 0 aliphatic carbocycles. The lowest BCUT2D eigenvalue weighted by Crippen LogP contribution is -2.02. The summed E-state index contributed by atoms with van der Waals surface area (Å²) >= 11 is 0. The van der Waals surface area contributed by atoms with Crippen molar-refractivity contribution in [1.82, 2.24) is 0 Å². The molecule has 0 aromatic heterocycles. The number of carbonyl (C=O) groups is 1. The van der Waals surface area contributed by atoms with Crippen molar-refractivity contribution in [2.75, 3.05) is 0 Å². The summed E-state index contributed by atoms with van der Waals surface area (Å²) < 4.78 is 33.6. The molecule has 0 N–H and O–H groups in total. The van der Waals surface area contributed by atoms with E-state index in [1.54, 1.807) is 6.92 Å². The van der Waals surface area contributed by atoms with Gasteiger partial charge in [-0.15, -0.1) is 10.3 Å². The fraction of sp³-hybridized carbons (Fsp3) is 0.182. The van der Waals surface area contributed by atoms with Gasteiger partial charge in [0.05, 0.1) is 0 Å². The molecule has 1 aromatic rings. The van der Waals surface area contributed by atoms with Crippen molar-refractivity contribution in [3.8, 4) is 12.3 Å². The lowest BCUT2D eigenvalue weighted by molar-refractivity contribution is 0.112. The second-order valence-corrected chi connectivity index (χ2v) is 4.66. The number of hydrogen-bond acceptors (Lipinski definition) is 3. The fourth-order valence-electron chi connectivity index (χ4n) is 1.34. The second kappa shape index (κ2) is 4.45. The molecule has 16 heavy (non-hydrogen) atoms. The van der Waals surface area contributed by atoms with E-state index in [9.17, 15) is 17.1 Å². The summed E-state index contributed by atoms with van der Waals surface area (Å²) in [6.07, 6.45) is 5.71. The third-order valence-electron chi connectivity index (χ3n) is 2.18. The molecule has 0 radical (unpaired) electrons. The van der Waals surface area contributed by atoms with E-state index in [2.05, 4.69) is 5.92 Å². The monoisotopic (exact) mass is 240 g/mol. The third kappa shape index (κ3) is 2.91. The predicted octanol–water partition coefficient (Wildman–Crippen LogP) is 1.59. The van der Waals surface area contributed by atoms with E-state index in [0.717, 1.165) is 0 Å². The molecule has 0 saturated carbocycles. The molecule has 0 heterocycles. The number of benzene rings is 1. The van der Waals surface area contributed by atoms with Gasteiger partial charge in [0.15, 0.2) is 0 Å². The number of hydrogen-bond donors (Lipinski definition) is 0. The lowest BCUT2D eigenvalue weighted by Gasteiger charge is -2.07. The Bertz CT molecular complexity index is 568. The maximum absolute atomic E-state index is 12.6. The topological polar surface area (TPSA) is 51.2 Å². The van der Waals surface area contributed by atoms with Crippen molar-refractivity contribution < 1.29 is 17.1 Å². The van der Waals surface area contributed by atoms with Crippen LogP contribution in [-0.4, -0.2) is 14.7 Å². The molecular weight excluding hydrogens is 231 g/mol. The molecule has 84 valence electrons. The lowest BCUT2D eigenvalue weighted by atomic mass is 10.0.